The zero-order chi connectivity index (χ0) is 28.3. The van der Waals surface area contributed by atoms with Crippen LogP contribution in [0.5, 0.6) is 0 Å². The molecule has 1 fully saturated rings. The van der Waals surface area contributed by atoms with E-state index in [9.17, 15) is 57.9 Å². The van der Waals surface area contributed by atoms with Gasteiger partial charge in [-0.15, -0.1) is 0 Å². The molecular weight excluding hydrogens is 601 g/mol. The van der Waals surface area contributed by atoms with E-state index >= 15 is 0 Å². The van der Waals surface area contributed by atoms with E-state index in [1.165, 1.54) is 0 Å². The first-order chi connectivity index (χ1) is 16.7. The highest BCUT2D eigenvalue weighted by molar-refractivity contribution is 9.10. The normalized spacial score (nSPS) is 15.0. The van der Waals surface area contributed by atoms with Crippen LogP contribution in [0, 0.1) is 11.7 Å². The van der Waals surface area contributed by atoms with E-state index < -0.39 is 86.4 Å². The summed E-state index contributed by atoms with van der Waals surface area (Å²) < 4.78 is 149. The van der Waals surface area contributed by atoms with Gasteiger partial charge in [-0.3, -0.25) is 9.59 Å². The Morgan fingerprint density at radius 1 is 0.919 bits per heavy atom. The van der Waals surface area contributed by atoms with Crippen molar-refractivity contribution in [1.82, 2.24) is 0 Å². The fourth-order valence-corrected chi connectivity index (χ4v) is 4.03. The molecule has 0 unspecified atom stereocenters. The number of nitrogens with two attached hydrogens (primary N) is 1. The van der Waals surface area contributed by atoms with Crippen molar-refractivity contribution in [3.63, 3.8) is 0 Å². The van der Waals surface area contributed by atoms with Crippen molar-refractivity contribution >= 4 is 39.1 Å². The van der Waals surface area contributed by atoms with Crippen molar-refractivity contribution in [3.8, 4) is 0 Å². The van der Waals surface area contributed by atoms with Crippen molar-refractivity contribution < 1.29 is 57.9 Å². The summed E-state index contributed by atoms with van der Waals surface area (Å²) in [5, 5.41) is 0. The molecule has 0 aliphatic heterocycles. The van der Waals surface area contributed by atoms with Gasteiger partial charge in [0.1, 0.15) is 0 Å². The maximum atomic E-state index is 14.6. The van der Waals surface area contributed by atoms with Crippen LogP contribution in [-0.2, 0) is 16.6 Å². The van der Waals surface area contributed by atoms with Gasteiger partial charge >= 0.3 is 24.2 Å². The van der Waals surface area contributed by atoms with Crippen LogP contribution >= 0.6 is 15.9 Å². The Bertz CT molecular complexity index is 1240. The Kier molecular flexibility index (Phi) is 7.07. The van der Waals surface area contributed by atoms with Crippen LogP contribution in [0.15, 0.2) is 34.8 Å². The molecule has 2 aromatic carbocycles. The monoisotopic (exact) mass is 612 g/mol. The molecule has 0 aromatic heterocycles. The van der Waals surface area contributed by atoms with E-state index in [2.05, 4.69) is 15.9 Å². The lowest BCUT2D eigenvalue weighted by atomic mass is 9.91. The highest BCUT2D eigenvalue weighted by atomic mass is 79.9. The minimum atomic E-state index is -6.75. The van der Waals surface area contributed by atoms with E-state index in [0.29, 0.717) is 0 Å². The zero-order valence-corrected chi connectivity index (χ0v) is 19.3. The minimum absolute atomic E-state index is 0.0782. The van der Waals surface area contributed by atoms with Crippen molar-refractivity contribution in [2.45, 2.75) is 37.0 Å². The Labute approximate surface area is 208 Å². The molecule has 16 heteroatoms. The van der Waals surface area contributed by atoms with E-state index in [1.54, 1.807) is 0 Å². The van der Waals surface area contributed by atoms with Gasteiger partial charge in [-0.2, -0.15) is 39.5 Å². The number of hydrogen-bond donors (Lipinski definition) is 1. The van der Waals surface area contributed by atoms with Crippen molar-refractivity contribution in [2.75, 3.05) is 10.6 Å². The molecule has 4 nitrogen and oxygen atoms in total. The van der Waals surface area contributed by atoms with Gasteiger partial charge in [0.15, 0.2) is 5.82 Å². The zero-order valence-electron chi connectivity index (χ0n) is 17.8. The molecule has 202 valence electrons. The molecule has 1 saturated carbocycles. The summed E-state index contributed by atoms with van der Waals surface area (Å²) in [6, 6.07) is 1.66. The van der Waals surface area contributed by atoms with Gasteiger partial charge in [0.05, 0.1) is 22.5 Å². The topological polar surface area (TPSA) is 63.4 Å². The summed E-state index contributed by atoms with van der Waals surface area (Å²) in [7, 11) is 0. The Morgan fingerprint density at radius 3 is 1.92 bits per heavy atom. The van der Waals surface area contributed by atoms with Crippen molar-refractivity contribution in [3.05, 3.63) is 57.3 Å². The molecular formula is C21H12BrF11N2O2. The maximum Gasteiger partial charge on any atom is 0.435 e. The van der Waals surface area contributed by atoms with Gasteiger partial charge < -0.3 is 5.73 Å². The van der Waals surface area contributed by atoms with E-state index in [4.69, 9.17) is 5.73 Å². The number of nitrogen functional groups attached to an aromatic ring is 1. The van der Waals surface area contributed by atoms with E-state index in [0.717, 1.165) is 18.2 Å². The maximum absolute atomic E-state index is 14.6. The predicted molar refractivity (Wildman–Crippen MR) is 109 cm³/mol. The molecule has 2 amide bonds. The second kappa shape index (κ2) is 9.13. The number of hydrogen-bond acceptors (Lipinski definition) is 3. The van der Waals surface area contributed by atoms with E-state index in [-0.39, 0.29) is 23.8 Å². The lowest BCUT2D eigenvalue weighted by Crippen LogP contribution is -2.50. The second-order valence-electron chi connectivity index (χ2n) is 7.97. The Hall–Kier alpha value is -2.91. The lowest BCUT2D eigenvalue weighted by molar-refractivity contribution is -0.348. The number of nitrogens with zero attached hydrogens (tertiary/aromatic N) is 1. The summed E-state index contributed by atoms with van der Waals surface area (Å²) in [6.45, 7) is 0. The lowest BCUT2D eigenvalue weighted by Gasteiger charge is -2.32. The second-order valence-corrected chi connectivity index (χ2v) is 8.82. The number of alkyl halides is 10. The summed E-state index contributed by atoms with van der Waals surface area (Å²) in [4.78, 5) is 25.8. The number of anilines is 2. The first-order valence-corrected chi connectivity index (χ1v) is 10.7. The number of carbonyl (C=O) groups excluding carboxylic acids is 2. The Balaban J connectivity index is 2.37. The molecule has 0 spiro atoms. The van der Waals surface area contributed by atoms with E-state index in [1.807, 2.05) is 0 Å². The van der Waals surface area contributed by atoms with Gasteiger partial charge in [0, 0.05) is 16.0 Å². The number of halogens is 12. The van der Waals surface area contributed by atoms with Crippen molar-refractivity contribution in [2.24, 2.45) is 5.92 Å². The van der Waals surface area contributed by atoms with Gasteiger partial charge in [0.2, 0.25) is 5.91 Å². The molecule has 2 N–H and O–H groups in total. The van der Waals surface area contributed by atoms with Gasteiger partial charge in [-0.25, -0.2) is 13.7 Å². The highest BCUT2D eigenvalue weighted by Gasteiger charge is 2.73. The number of benzene rings is 2. The summed E-state index contributed by atoms with van der Waals surface area (Å²) in [6.07, 6.45) is -19.2. The van der Waals surface area contributed by atoms with Gasteiger partial charge in [0.25, 0.3) is 5.91 Å². The fourth-order valence-electron chi connectivity index (χ4n) is 3.39. The SMILES string of the molecule is Nc1cccc(C(=O)N(C(=O)C2CC2)c2c(Br)cc(C(F)(C(F)(F)F)C(F)(F)F)cc2C(F)(F)F)c1F. The number of carbonyl (C=O) groups is 2. The van der Waals surface area contributed by atoms with Crippen LogP contribution in [0.25, 0.3) is 0 Å². The van der Waals surface area contributed by atoms with Crippen LogP contribution < -0.4 is 10.6 Å². The molecule has 0 saturated heterocycles. The Morgan fingerprint density at radius 2 is 1.46 bits per heavy atom. The average molecular weight is 613 g/mol. The molecule has 37 heavy (non-hydrogen) atoms. The minimum Gasteiger partial charge on any atom is -0.396 e. The number of imide groups is 1. The largest absolute Gasteiger partial charge is 0.435 e. The first-order valence-electron chi connectivity index (χ1n) is 9.89. The summed E-state index contributed by atoms with van der Waals surface area (Å²) in [5.41, 5.74) is -9.02. The van der Waals surface area contributed by atoms with Gasteiger partial charge in [-0.05, 0) is 53.0 Å². The third-order valence-corrected chi connectivity index (χ3v) is 5.98. The molecule has 1 aliphatic carbocycles. The molecule has 0 radical (unpaired) electrons. The van der Waals surface area contributed by atoms with Crippen molar-refractivity contribution in [1.29, 1.82) is 0 Å². The smallest absolute Gasteiger partial charge is 0.396 e. The van der Waals surface area contributed by atoms with Crippen LogP contribution in [0.3, 0.4) is 0 Å². The number of amides is 2. The summed E-state index contributed by atoms with van der Waals surface area (Å²) >= 11 is 2.36. The average Bonchev–Trinajstić information content (AvgIpc) is 3.59. The quantitative estimate of drug-likeness (QED) is 0.228. The van der Waals surface area contributed by atoms with Gasteiger partial charge in [-0.1, -0.05) is 6.07 Å². The fraction of sp³-hybridized carbons (Fsp3) is 0.333. The predicted octanol–water partition coefficient (Wildman–Crippen LogP) is 7.06. The molecule has 0 bridgehead atoms. The van der Waals surface area contributed by atoms with Crippen LogP contribution in [0.1, 0.15) is 34.3 Å². The van der Waals surface area contributed by atoms with Crippen LogP contribution in [0.4, 0.5) is 59.7 Å². The molecule has 1 aliphatic rings. The first kappa shape index (κ1) is 28.7. The standard InChI is InChI=1S/C21H12BrF11N2O2/c22-12-7-9(18(24,20(28,29)30)21(31,32)33)6-11(19(25,26)27)15(12)35(16(36)8-4-5-8)17(37)10-2-1-3-13(34)14(10)23/h1-3,6-8H,4-5,34H2. The third kappa shape index (κ3) is 4.99. The number of rotatable bonds is 4. The van der Waals surface area contributed by atoms with Crippen LogP contribution in [-0.4, -0.2) is 24.2 Å². The third-order valence-electron chi connectivity index (χ3n) is 5.38. The molecule has 3 rings (SSSR count). The molecule has 0 heterocycles. The molecule has 0 atom stereocenters. The highest BCUT2D eigenvalue weighted by Crippen LogP contribution is 2.55. The molecule has 2 aromatic rings. The summed E-state index contributed by atoms with van der Waals surface area (Å²) in [5.74, 6) is -5.58. The van der Waals surface area contributed by atoms with Crippen LogP contribution in [0.2, 0.25) is 0 Å².